The summed E-state index contributed by atoms with van der Waals surface area (Å²) in [6.07, 6.45) is 5.04. The molecule has 1 saturated heterocycles. The molecule has 1 aliphatic heterocycles. The second kappa shape index (κ2) is 10.0. The Bertz CT molecular complexity index is 681. The summed E-state index contributed by atoms with van der Waals surface area (Å²) in [5.41, 5.74) is 0.824. The molecule has 3 N–H and O–H groups in total. The number of carbonyl (C=O) groups excluding carboxylic acids is 2. The second-order valence-electron chi connectivity index (χ2n) is 8.60. The van der Waals surface area contributed by atoms with Gasteiger partial charge in [0.05, 0.1) is 12.1 Å². The summed E-state index contributed by atoms with van der Waals surface area (Å²) in [6, 6.07) is 2.51. The van der Waals surface area contributed by atoms with Crippen molar-refractivity contribution in [3.05, 3.63) is 30.1 Å². The van der Waals surface area contributed by atoms with E-state index in [1.165, 1.54) is 12.8 Å². The number of aromatic nitrogens is 1. The van der Waals surface area contributed by atoms with Crippen molar-refractivity contribution >= 4 is 12.0 Å². The molecule has 0 radical (unpaired) electrons. The van der Waals surface area contributed by atoms with Crippen LogP contribution in [0.2, 0.25) is 0 Å². The van der Waals surface area contributed by atoms with Crippen LogP contribution < -0.4 is 10.6 Å². The molecule has 1 aliphatic carbocycles. The minimum atomic E-state index is -0.704. The maximum absolute atomic E-state index is 12.8. The third-order valence-corrected chi connectivity index (χ3v) is 5.34. The molecular weight excluding hydrogens is 372 g/mol. The molecule has 2 heterocycles. The van der Waals surface area contributed by atoms with Gasteiger partial charge in [0.15, 0.2) is 0 Å². The van der Waals surface area contributed by atoms with E-state index in [0.29, 0.717) is 19.5 Å². The van der Waals surface area contributed by atoms with Gasteiger partial charge in [0.2, 0.25) is 5.91 Å². The number of likely N-dealkylation sites (tertiary alicyclic amines) is 1. The van der Waals surface area contributed by atoms with Crippen LogP contribution in [0.5, 0.6) is 0 Å². The first-order valence-electron chi connectivity index (χ1n) is 10.4. The number of β-amino-alcohol motifs (C(OH)–C–C–N with tert-alkyl or cyclic N) is 1. The Balaban J connectivity index is 1.50. The zero-order valence-corrected chi connectivity index (χ0v) is 17.2. The molecule has 3 atom stereocenters. The van der Waals surface area contributed by atoms with E-state index in [2.05, 4.69) is 20.5 Å². The fourth-order valence-corrected chi connectivity index (χ4v) is 3.62. The van der Waals surface area contributed by atoms with Crippen molar-refractivity contribution in [2.45, 2.75) is 57.9 Å². The lowest BCUT2D eigenvalue weighted by Gasteiger charge is -2.23. The Hall–Kier alpha value is -2.19. The Morgan fingerprint density at radius 1 is 1.28 bits per heavy atom. The largest absolute Gasteiger partial charge is 0.445 e. The number of aliphatic hydroxyl groups excluding tert-OH is 1. The van der Waals surface area contributed by atoms with Gasteiger partial charge in [0, 0.05) is 32.0 Å². The molecule has 160 valence electrons. The van der Waals surface area contributed by atoms with E-state index in [9.17, 15) is 14.7 Å². The summed E-state index contributed by atoms with van der Waals surface area (Å²) in [7, 11) is 0. The highest BCUT2D eigenvalue weighted by Crippen LogP contribution is 2.30. The van der Waals surface area contributed by atoms with Crippen LogP contribution in [0.25, 0.3) is 0 Å². The highest BCUT2D eigenvalue weighted by Gasteiger charge is 2.36. The average Bonchev–Trinajstić information content (AvgIpc) is 3.42. The van der Waals surface area contributed by atoms with Gasteiger partial charge in [0.25, 0.3) is 0 Å². The molecule has 3 rings (SSSR count). The SMILES string of the molecule is CC(C)C[C@H](NC(=O)OCc1ccncc1)C(=O)NC1CN(CC2CC2)CC1O. The van der Waals surface area contributed by atoms with E-state index >= 15 is 0 Å². The minimum absolute atomic E-state index is 0.113. The molecule has 0 aromatic carbocycles. The molecule has 0 spiro atoms. The summed E-state index contributed by atoms with van der Waals surface area (Å²) in [5.74, 6) is 0.671. The predicted octanol–water partition coefficient (Wildman–Crippen LogP) is 1.29. The van der Waals surface area contributed by atoms with Crippen LogP contribution in [0.4, 0.5) is 4.79 Å². The van der Waals surface area contributed by atoms with Crippen molar-refractivity contribution in [2.75, 3.05) is 19.6 Å². The number of amides is 2. The number of rotatable bonds is 9. The number of nitrogens with one attached hydrogen (secondary N) is 2. The molecule has 1 aromatic heterocycles. The predicted molar refractivity (Wildman–Crippen MR) is 108 cm³/mol. The van der Waals surface area contributed by atoms with E-state index in [0.717, 1.165) is 18.0 Å². The number of ether oxygens (including phenoxy) is 1. The summed E-state index contributed by atoms with van der Waals surface area (Å²) < 4.78 is 5.23. The van der Waals surface area contributed by atoms with Gasteiger partial charge in [-0.25, -0.2) is 4.79 Å². The summed E-state index contributed by atoms with van der Waals surface area (Å²) in [6.45, 7) is 6.31. The third-order valence-electron chi connectivity index (χ3n) is 5.34. The molecular formula is C21H32N4O4. The lowest BCUT2D eigenvalue weighted by Crippen LogP contribution is -2.53. The van der Waals surface area contributed by atoms with Crippen molar-refractivity contribution < 1.29 is 19.4 Å². The van der Waals surface area contributed by atoms with E-state index in [1.807, 2.05) is 13.8 Å². The first kappa shape index (κ1) is 21.5. The zero-order chi connectivity index (χ0) is 20.8. The number of hydrogen-bond donors (Lipinski definition) is 3. The molecule has 0 bridgehead atoms. The van der Waals surface area contributed by atoms with Crippen LogP contribution in [0.3, 0.4) is 0 Å². The lowest BCUT2D eigenvalue weighted by molar-refractivity contribution is -0.124. The van der Waals surface area contributed by atoms with E-state index in [-0.39, 0.29) is 24.5 Å². The van der Waals surface area contributed by atoms with Crippen LogP contribution in [0.1, 0.15) is 38.7 Å². The van der Waals surface area contributed by atoms with Crippen LogP contribution in [0.15, 0.2) is 24.5 Å². The van der Waals surface area contributed by atoms with E-state index < -0.39 is 18.2 Å². The van der Waals surface area contributed by atoms with Crippen molar-refractivity contribution in [1.82, 2.24) is 20.5 Å². The number of hydrogen-bond acceptors (Lipinski definition) is 6. The quantitative estimate of drug-likeness (QED) is 0.573. The molecule has 2 aliphatic rings. The van der Waals surface area contributed by atoms with Crippen LogP contribution in [-0.2, 0) is 16.1 Å². The molecule has 2 fully saturated rings. The average molecular weight is 405 g/mol. The van der Waals surface area contributed by atoms with Crippen molar-refractivity contribution in [3.8, 4) is 0 Å². The van der Waals surface area contributed by atoms with E-state index in [1.54, 1.807) is 24.5 Å². The van der Waals surface area contributed by atoms with E-state index in [4.69, 9.17) is 4.74 Å². The fraction of sp³-hybridized carbons (Fsp3) is 0.667. The van der Waals surface area contributed by atoms with Crippen LogP contribution in [0, 0.1) is 11.8 Å². The summed E-state index contributed by atoms with van der Waals surface area (Å²) >= 11 is 0. The van der Waals surface area contributed by atoms with Crippen molar-refractivity contribution in [2.24, 2.45) is 11.8 Å². The molecule has 2 amide bonds. The number of alkyl carbamates (subject to hydrolysis) is 1. The minimum Gasteiger partial charge on any atom is -0.445 e. The highest BCUT2D eigenvalue weighted by molar-refractivity contribution is 5.85. The standard InChI is InChI=1S/C21H32N4O4/c1-14(2)9-17(24-21(28)29-13-16-5-7-22-8-6-16)20(27)23-18-11-25(12-19(18)26)10-15-3-4-15/h5-8,14-15,17-19,26H,3-4,9-13H2,1-2H3,(H,23,27)(H,24,28)/t17-,18?,19?/m0/s1. The Labute approximate surface area is 172 Å². The van der Waals surface area contributed by atoms with Gasteiger partial charge < -0.3 is 20.5 Å². The molecule has 1 aromatic rings. The van der Waals surface area contributed by atoms with Gasteiger partial charge in [-0.15, -0.1) is 0 Å². The van der Waals surface area contributed by atoms with Gasteiger partial charge in [-0.05, 0) is 48.8 Å². The molecule has 1 saturated carbocycles. The summed E-state index contributed by atoms with van der Waals surface area (Å²) in [5, 5.41) is 15.9. The topological polar surface area (TPSA) is 104 Å². The van der Waals surface area contributed by atoms with Gasteiger partial charge in [-0.2, -0.15) is 0 Å². The fourth-order valence-electron chi connectivity index (χ4n) is 3.62. The zero-order valence-electron chi connectivity index (χ0n) is 17.2. The first-order valence-corrected chi connectivity index (χ1v) is 10.4. The van der Waals surface area contributed by atoms with Gasteiger partial charge in [-0.3, -0.25) is 14.7 Å². The molecule has 2 unspecified atom stereocenters. The number of aliphatic hydroxyl groups is 1. The Morgan fingerprint density at radius 2 is 2.00 bits per heavy atom. The number of pyridine rings is 1. The molecule has 8 heteroatoms. The maximum Gasteiger partial charge on any atom is 0.408 e. The third kappa shape index (κ3) is 6.97. The number of carbonyl (C=O) groups is 2. The molecule has 8 nitrogen and oxygen atoms in total. The van der Waals surface area contributed by atoms with Crippen LogP contribution in [-0.4, -0.2) is 64.8 Å². The first-order chi connectivity index (χ1) is 13.9. The Kier molecular flexibility index (Phi) is 7.44. The van der Waals surface area contributed by atoms with Gasteiger partial charge in [0.1, 0.15) is 12.6 Å². The van der Waals surface area contributed by atoms with Gasteiger partial charge >= 0.3 is 6.09 Å². The van der Waals surface area contributed by atoms with Crippen LogP contribution >= 0.6 is 0 Å². The molecule has 29 heavy (non-hydrogen) atoms. The normalized spacial score (nSPS) is 23.0. The maximum atomic E-state index is 12.8. The monoisotopic (exact) mass is 404 g/mol. The summed E-state index contributed by atoms with van der Waals surface area (Å²) in [4.78, 5) is 31.2. The number of nitrogens with zero attached hydrogens (tertiary/aromatic N) is 2. The highest BCUT2D eigenvalue weighted by atomic mass is 16.5. The Morgan fingerprint density at radius 3 is 2.66 bits per heavy atom. The van der Waals surface area contributed by atoms with Gasteiger partial charge in [-0.1, -0.05) is 13.8 Å². The van der Waals surface area contributed by atoms with Crippen molar-refractivity contribution in [3.63, 3.8) is 0 Å². The second-order valence-corrected chi connectivity index (χ2v) is 8.60. The smallest absolute Gasteiger partial charge is 0.408 e. The lowest BCUT2D eigenvalue weighted by atomic mass is 10.0. The van der Waals surface area contributed by atoms with Crippen molar-refractivity contribution in [1.29, 1.82) is 0 Å².